The number of rotatable bonds is 2. The minimum Gasteiger partial charge on any atom is -0.274 e. The molecule has 0 aliphatic heterocycles. The molecule has 0 N–H and O–H groups in total. The number of aromatic nitrogens is 4. The fourth-order valence-electron chi connectivity index (χ4n) is 2.99. The molecule has 0 spiro atoms. The van der Waals surface area contributed by atoms with Gasteiger partial charge in [0.15, 0.2) is 17.1 Å². The molecular formula is C20H13FN4S. The molecule has 0 saturated heterocycles. The Labute approximate surface area is 152 Å². The standard InChI is InChI=1S/C20H13FN4S/c1-12-8-9-13(11-14(12)21)25-19(17-7-4-10-26-17)24-18-20(25)23-16-6-3-2-5-15(16)22-18/h2-11H,1H3. The van der Waals surface area contributed by atoms with Crippen LogP contribution in [0.2, 0.25) is 0 Å². The fourth-order valence-corrected chi connectivity index (χ4v) is 3.70. The number of hydrogen-bond acceptors (Lipinski definition) is 4. The number of nitrogens with zero attached hydrogens (tertiary/aromatic N) is 4. The lowest BCUT2D eigenvalue weighted by Crippen LogP contribution is -2.00. The van der Waals surface area contributed by atoms with E-state index < -0.39 is 0 Å². The van der Waals surface area contributed by atoms with Gasteiger partial charge in [0, 0.05) is 0 Å². The summed E-state index contributed by atoms with van der Waals surface area (Å²) in [6.45, 7) is 1.75. The van der Waals surface area contributed by atoms with E-state index in [2.05, 4.69) is 4.98 Å². The molecule has 0 amide bonds. The number of imidazole rings is 1. The third-order valence-corrected chi connectivity index (χ3v) is 5.19. The van der Waals surface area contributed by atoms with Crippen LogP contribution < -0.4 is 0 Å². The van der Waals surface area contributed by atoms with Gasteiger partial charge in [0.2, 0.25) is 0 Å². The summed E-state index contributed by atoms with van der Waals surface area (Å²) in [6.07, 6.45) is 0. The molecule has 0 aliphatic rings. The minimum absolute atomic E-state index is 0.254. The van der Waals surface area contributed by atoms with Crippen molar-refractivity contribution >= 4 is 33.7 Å². The average Bonchev–Trinajstić information content (AvgIpc) is 3.29. The first-order chi connectivity index (χ1) is 12.7. The first-order valence-electron chi connectivity index (χ1n) is 8.16. The lowest BCUT2D eigenvalue weighted by atomic mass is 10.2. The summed E-state index contributed by atoms with van der Waals surface area (Å²) in [5.74, 6) is 0.462. The van der Waals surface area contributed by atoms with Gasteiger partial charge in [-0.2, -0.15) is 0 Å². The van der Waals surface area contributed by atoms with Gasteiger partial charge < -0.3 is 0 Å². The van der Waals surface area contributed by atoms with Crippen LogP contribution in [0.4, 0.5) is 4.39 Å². The van der Waals surface area contributed by atoms with Crippen LogP contribution in [0.3, 0.4) is 0 Å². The number of thiophene rings is 1. The van der Waals surface area contributed by atoms with Crippen LogP contribution in [-0.4, -0.2) is 19.5 Å². The van der Waals surface area contributed by atoms with E-state index in [0.29, 0.717) is 28.4 Å². The van der Waals surface area contributed by atoms with E-state index in [1.807, 2.05) is 52.4 Å². The summed E-state index contributed by atoms with van der Waals surface area (Å²) >= 11 is 1.58. The Morgan fingerprint density at radius 1 is 0.923 bits per heavy atom. The van der Waals surface area contributed by atoms with E-state index in [0.717, 1.165) is 15.9 Å². The molecule has 126 valence electrons. The van der Waals surface area contributed by atoms with Crippen LogP contribution in [0, 0.1) is 12.7 Å². The van der Waals surface area contributed by atoms with Crippen molar-refractivity contribution in [2.24, 2.45) is 0 Å². The molecule has 0 saturated carbocycles. The zero-order chi connectivity index (χ0) is 17.7. The lowest BCUT2D eigenvalue weighted by Gasteiger charge is -2.09. The molecule has 2 aromatic carbocycles. The highest BCUT2D eigenvalue weighted by Crippen LogP contribution is 2.31. The molecule has 5 aromatic rings. The molecule has 26 heavy (non-hydrogen) atoms. The first-order valence-corrected chi connectivity index (χ1v) is 9.04. The molecule has 0 unspecified atom stereocenters. The Morgan fingerprint density at radius 3 is 2.46 bits per heavy atom. The number of hydrogen-bond donors (Lipinski definition) is 0. The zero-order valence-electron chi connectivity index (χ0n) is 13.8. The number of benzene rings is 2. The van der Waals surface area contributed by atoms with Crippen molar-refractivity contribution < 1.29 is 4.39 Å². The molecule has 0 aliphatic carbocycles. The molecule has 3 heterocycles. The van der Waals surface area contributed by atoms with Crippen LogP contribution in [0.25, 0.3) is 38.7 Å². The molecular weight excluding hydrogens is 347 g/mol. The summed E-state index contributed by atoms with van der Waals surface area (Å²) in [4.78, 5) is 15.1. The highest BCUT2D eigenvalue weighted by molar-refractivity contribution is 7.13. The lowest BCUT2D eigenvalue weighted by molar-refractivity contribution is 0.617. The molecule has 5 rings (SSSR count). The van der Waals surface area contributed by atoms with Crippen LogP contribution in [0.1, 0.15) is 5.56 Å². The second-order valence-corrected chi connectivity index (χ2v) is 6.99. The predicted octanol–water partition coefficient (Wildman–Crippen LogP) is 5.14. The third kappa shape index (κ3) is 2.30. The summed E-state index contributed by atoms with van der Waals surface area (Å²) in [7, 11) is 0. The highest BCUT2D eigenvalue weighted by Gasteiger charge is 2.18. The highest BCUT2D eigenvalue weighted by atomic mass is 32.1. The molecule has 0 atom stereocenters. The summed E-state index contributed by atoms with van der Waals surface area (Å²) in [5, 5.41) is 1.99. The minimum atomic E-state index is -0.254. The SMILES string of the molecule is Cc1ccc(-n2c(-c3cccs3)nc3nc4ccccc4nc32)cc1F. The van der Waals surface area contributed by atoms with Crippen molar-refractivity contribution in [3.05, 3.63) is 71.4 Å². The molecule has 6 heteroatoms. The number of halogens is 1. The third-order valence-electron chi connectivity index (χ3n) is 4.33. The predicted molar refractivity (Wildman–Crippen MR) is 102 cm³/mol. The molecule has 4 nitrogen and oxygen atoms in total. The average molecular weight is 360 g/mol. The number of aryl methyl sites for hydroxylation is 1. The van der Waals surface area contributed by atoms with Gasteiger partial charge in [0.1, 0.15) is 5.82 Å². The van der Waals surface area contributed by atoms with E-state index in [1.165, 1.54) is 6.07 Å². The van der Waals surface area contributed by atoms with E-state index in [1.54, 1.807) is 24.3 Å². The van der Waals surface area contributed by atoms with E-state index in [-0.39, 0.29) is 5.82 Å². The topological polar surface area (TPSA) is 43.6 Å². The Kier molecular flexibility index (Phi) is 3.33. The van der Waals surface area contributed by atoms with Gasteiger partial charge in [0.25, 0.3) is 0 Å². The van der Waals surface area contributed by atoms with Gasteiger partial charge in [-0.3, -0.25) is 4.57 Å². The van der Waals surface area contributed by atoms with E-state index >= 15 is 0 Å². The maximum atomic E-state index is 14.2. The Morgan fingerprint density at radius 2 is 1.73 bits per heavy atom. The van der Waals surface area contributed by atoms with Gasteiger partial charge in [0.05, 0.1) is 21.6 Å². The van der Waals surface area contributed by atoms with Crippen LogP contribution >= 0.6 is 11.3 Å². The van der Waals surface area contributed by atoms with Crippen molar-refractivity contribution in [1.29, 1.82) is 0 Å². The van der Waals surface area contributed by atoms with E-state index in [4.69, 9.17) is 9.97 Å². The Bertz CT molecular complexity index is 1260. The second-order valence-electron chi connectivity index (χ2n) is 6.04. The summed E-state index contributed by atoms with van der Waals surface area (Å²) in [6, 6.07) is 16.8. The summed E-state index contributed by atoms with van der Waals surface area (Å²) in [5.41, 5.74) is 4.03. The normalized spacial score (nSPS) is 11.5. The fraction of sp³-hybridized carbons (Fsp3) is 0.0500. The van der Waals surface area contributed by atoms with Gasteiger partial charge >= 0.3 is 0 Å². The Hall–Kier alpha value is -3.12. The van der Waals surface area contributed by atoms with Gasteiger partial charge in [-0.1, -0.05) is 24.3 Å². The van der Waals surface area contributed by atoms with Crippen LogP contribution in [0.5, 0.6) is 0 Å². The zero-order valence-corrected chi connectivity index (χ0v) is 14.7. The van der Waals surface area contributed by atoms with Crippen molar-refractivity contribution in [3.8, 4) is 16.4 Å². The molecule has 0 bridgehead atoms. The van der Waals surface area contributed by atoms with Gasteiger partial charge in [-0.05, 0) is 48.2 Å². The van der Waals surface area contributed by atoms with Crippen LogP contribution in [-0.2, 0) is 0 Å². The quantitative estimate of drug-likeness (QED) is 0.437. The molecule has 0 fully saturated rings. The second kappa shape index (κ2) is 5.71. The van der Waals surface area contributed by atoms with Crippen molar-refractivity contribution in [3.63, 3.8) is 0 Å². The largest absolute Gasteiger partial charge is 0.274 e. The van der Waals surface area contributed by atoms with E-state index in [9.17, 15) is 4.39 Å². The Balaban J connectivity index is 1.89. The van der Waals surface area contributed by atoms with Crippen molar-refractivity contribution in [2.75, 3.05) is 0 Å². The summed E-state index contributed by atoms with van der Waals surface area (Å²) < 4.78 is 16.1. The number of fused-ring (bicyclic) bond motifs is 2. The first kappa shape index (κ1) is 15.2. The van der Waals surface area contributed by atoms with Crippen LogP contribution in [0.15, 0.2) is 60.0 Å². The monoisotopic (exact) mass is 360 g/mol. The van der Waals surface area contributed by atoms with Crippen molar-refractivity contribution in [2.45, 2.75) is 6.92 Å². The number of para-hydroxylation sites is 2. The molecule has 3 aromatic heterocycles. The maximum Gasteiger partial charge on any atom is 0.199 e. The molecule has 0 radical (unpaired) electrons. The maximum absolute atomic E-state index is 14.2. The van der Waals surface area contributed by atoms with Crippen molar-refractivity contribution in [1.82, 2.24) is 19.5 Å². The van der Waals surface area contributed by atoms with Gasteiger partial charge in [-0.25, -0.2) is 19.3 Å². The smallest absolute Gasteiger partial charge is 0.199 e. The van der Waals surface area contributed by atoms with Gasteiger partial charge in [-0.15, -0.1) is 11.3 Å².